The molecule has 0 unspecified atom stereocenters. The van der Waals surface area contributed by atoms with Gasteiger partial charge < -0.3 is 10.2 Å². The Morgan fingerprint density at radius 3 is 2.03 bits per heavy atom. The zero-order chi connectivity index (χ0) is 24.8. The molecule has 2 aliphatic rings. The fourth-order valence-electron chi connectivity index (χ4n) is 4.68. The van der Waals surface area contributed by atoms with E-state index in [9.17, 15) is 18.0 Å². The van der Waals surface area contributed by atoms with Gasteiger partial charge in [0.25, 0.3) is 11.8 Å². The molecule has 188 valence electrons. The van der Waals surface area contributed by atoms with Crippen molar-refractivity contribution in [2.24, 2.45) is 0 Å². The summed E-state index contributed by atoms with van der Waals surface area (Å²) in [6, 6.07) is 11.1. The van der Waals surface area contributed by atoms with Gasteiger partial charge in [0.1, 0.15) is 0 Å². The third kappa shape index (κ3) is 6.05. The number of hydrogen-bond donors (Lipinski definition) is 1. The molecule has 0 saturated carbocycles. The molecule has 0 aliphatic carbocycles. The first-order valence-corrected chi connectivity index (χ1v) is 14.2. The predicted molar refractivity (Wildman–Crippen MR) is 137 cm³/mol. The Bertz CT molecular complexity index is 1170. The summed E-state index contributed by atoms with van der Waals surface area (Å²) in [6.45, 7) is 2.34. The van der Waals surface area contributed by atoms with Gasteiger partial charge in [0.15, 0.2) is 0 Å². The van der Waals surface area contributed by atoms with Crippen molar-refractivity contribution >= 4 is 39.1 Å². The van der Waals surface area contributed by atoms with E-state index in [4.69, 9.17) is 11.6 Å². The molecule has 2 saturated heterocycles. The Hall–Kier alpha value is -2.42. The highest BCUT2D eigenvalue weighted by molar-refractivity contribution is 7.89. The molecule has 4 rings (SSSR count). The molecule has 0 bridgehead atoms. The van der Waals surface area contributed by atoms with Crippen molar-refractivity contribution in [3.8, 4) is 0 Å². The van der Waals surface area contributed by atoms with E-state index in [1.54, 1.807) is 24.3 Å². The number of carbonyl (C=O) groups is 2. The molecule has 7 nitrogen and oxygen atoms in total. The van der Waals surface area contributed by atoms with Gasteiger partial charge in [-0.3, -0.25) is 9.59 Å². The highest BCUT2D eigenvalue weighted by atomic mass is 35.5. The van der Waals surface area contributed by atoms with Crippen LogP contribution in [-0.2, 0) is 10.0 Å². The van der Waals surface area contributed by atoms with Crippen molar-refractivity contribution < 1.29 is 18.0 Å². The SMILES string of the molecule is O=C(Nc1ccccc1C(=O)N1CCCCCC1)c1cc(S(=O)(=O)N2CCCCCC2)ccc1Cl. The van der Waals surface area contributed by atoms with Gasteiger partial charge in [0.05, 0.1) is 26.7 Å². The highest BCUT2D eigenvalue weighted by Gasteiger charge is 2.27. The lowest BCUT2D eigenvalue weighted by molar-refractivity contribution is 0.0762. The molecule has 2 heterocycles. The monoisotopic (exact) mass is 517 g/mol. The molecule has 9 heteroatoms. The van der Waals surface area contributed by atoms with Crippen molar-refractivity contribution in [3.05, 3.63) is 58.6 Å². The van der Waals surface area contributed by atoms with Crippen LogP contribution in [0.1, 0.15) is 72.1 Å². The zero-order valence-corrected chi connectivity index (χ0v) is 21.4. The van der Waals surface area contributed by atoms with Gasteiger partial charge in [-0.2, -0.15) is 4.31 Å². The Morgan fingerprint density at radius 1 is 0.771 bits per heavy atom. The topological polar surface area (TPSA) is 86.8 Å². The van der Waals surface area contributed by atoms with Crippen LogP contribution in [0.5, 0.6) is 0 Å². The Kier molecular flexibility index (Phi) is 8.46. The molecule has 2 aliphatic heterocycles. The van der Waals surface area contributed by atoms with Crippen molar-refractivity contribution in [2.45, 2.75) is 56.3 Å². The summed E-state index contributed by atoms with van der Waals surface area (Å²) in [6.07, 6.45) is 7.81. The lowest BCUT2D eigenvalue weighted by Crippen LogP contribution is -2.32. The summed E-state index contributed by atoms with van der Waals surface area (Å²) in [5.41, 5.74) is 0.843. The van der Waals surface area contributed by atoms with E-state index < -0.39 is 15.9 Å². The van der Waals surface area contributed by atoms with Crippen LogP contribution >= 0.6 is 11.6 Å². The molecular formula is C26H32ClN3O4S. The molecule has 1 N–H and O–H groups in total. The number of rotatable bonds is 5. The third-order valence-corrected chi connectivity index (χ3v) is 8.91. The van der Waals surface area contributed by atoms with Crippen LogP contribution in [0, 0.1) is 0 Å². The number of halogens is 1. The summed E-state index contributed by atoms with van der Waals surface area (Å²) < 4.78 is 28.0. The number of hydrogen-bond acceptors (Lipinski definition) is 4. The average molecular weight is 518 g/mol. The van der Waals surface area contributed by atoms with E-state index in [1.165, 1.54) is 22.5 Å². The molecule has 0 aromatic heterocycles. The molecule has 0 spiro atoms. The fraction of sp³-hybridized carbons (Fsp3) is 0.462. The molecule has 2 fully saturated rings. The summed E-state index contributed by atoms with van der Waals surface area (Å²) >= 11 is 6.32. The minimum Gasteiger partial charge on any atom is -0.339 e. The largest absolute Gasteiger partial charge is 0.339 e. The van der Waals surface area contributed by atoms with Crippen LogP contribution in [0.25, 0.3) is 0 Å². The van der Waals surface area contributed by atoms with Gasteiger partial charge in [0.2, 0.25) is 10.0 Å². The minimum absolute atomic E-state index is 0.0443. The summed E-state index contributed by atoms with van der Waals surface area (Å²) in [4.78, 5) is 28.3. The third-order valence-electron chi connectivity index (χ3n) is 6.68. The van der Waals surface area contributed by atoms with Crippen molar-refractivity contribution in [1.29, 1.82) is 0 Å². The summed E-state index contributed by atoms with van der Waals surface area (Å²) in [5, 5.41) is 2.94. The maximum absolute atomic E-state index is 13.2. The number of likely N-dealkylation sites (tertiary alicyclic amines) is 1. The number of sulfonamides is 1. The van der Waals surface area contributed by atoms with Crippen LogP contribution in [0.3, 0.4) is 0 Å². The second-order valence-electron chi connectivity index (χ2n) is 9.17. The molecule has 2 amide bonds. The number of benzene rings is 2. The smallest absolute Gasteiger partial charge is 0.257 e. The van der Waals surface area contributed by atoms with Crippen LogP contribution in [0.15, 0.2) is 47.4 Å². The normalized spacial score (nSPS) is 17.9. The molecule has 0 radical (unpaired) electrons. The fourth-order valence-corrected chi connectivity index (χ4v) is 6.43. The maximum Gasteiger partial charge on any atom is 0.257 e. The number of anilines is 1. The molecule has 2 aromatic rings. The highest BCUT2D eigenvalue weighted by Crippen LogP contribution is 2.27. The number of amides is 2. The lowest BCUT2D eigenvalue weighted by atomic mass is 10.1. The number of carbonyl (C=O) groups excluding carboxylic acids is 2. The second-order valence-corrected chi connectivity index (χ2v) is 11.5. The zero-order valence-electron chi connectivity index (χ0n) is 19.8. The minimum atomic E-state index is -3.74. The van der Waals surface area contributed by atoms with E-state index in [2.05, 4.69) is 5.32 Å². The van der Waals surface area contributed by atoms with Gasteiger partial charge in [-0.15, -0.1) is 0 Å². The van der Waals surface area contributed by atoms with Crippen molar-refractivity contribution in [2.75, 3.05) is 31.5 Å². The average Bonchev–Trinajstić information content (AvgIpc) is 3.30. The molecular weight excluding hydrogens is 486 g/mol. The van der Waals surface area contributed by atoms with Crippen LogP contribution in [0.2, 0.25) is 5.02 Å². The number of para-hydroxylation sites is 1. The van der Waals surface area contributed by atoms with Crippen LogP contribution in [-0.4, -0.2) is 55.6 Å². The van der Waals surface area contributed by atoms with E-state index in [-0.39, 0.29) is 21.4 Å². The Labute approximate surface area is 212 Å². The van der Waals surface area contributed by atoms with Gasteiger partial charge in [-0.25, -0.2) is 8.42 Å². The van der Waals surface area contributed by atoms with E-state index in [0.29, 0.717) is 37.4 Å². The van der Waals surface area contributed by atoms with Crippen LogP contribution < -0.4 is 5.32 Å². The van der Waals surface area contributed by atoms with E-state index >= 15 is 0 Å². The maximum atomic E-state index is 13.2. The Balaban J connectivity index is 1.57. The quantitative estimate of drug-likeness (QED) is 0.592. The first-order valence-electron chi connectivity index (χ1n) is 12.4. The van der Waals surface area contributed by atoms with Gasteiger partial charge >= 0.3 is 0 Å². The van der Waals surface area contributed by atoms with Crippen LogP contribution in [0.4, 0.5) is 5.69 Å². The number of nitrogens with zero attached hydrogens (tertiary/aromatic N) is 2. The molecule has 2 aromatic carbocycles. The molecule has 0 atom stereocenters. The van der Waals surface area contributed by atoms with Gasteiger partial charge in [0, 0.05) is 26.2 Å². The van der Waals surface area contributed by atoms with Crippen molar-refractivity contribution in [1.82, 2.24) is 9.21 Å². The van der Waals surface area contributed by atoms with Gasteiger partial charge in [-0.1, -0.05) is 49.4 Å². The Morgan fingerprint density at radius 2 is 1.37 bits per heavy atom. The first kappa shape index (κ1) is 25.7. The second kappa shape index (κ2) is 11.5. The predicted octanol–water partition coefficient (Wildman–Crippen LogP) is 5.17. The van der Waals surface area contributed by atoms with Crippen molar-refractivity contribution in [3.63, 3.8) is 0 Å². The van der Waals surface area contributed by atoms with E-state index in [1.807, 2.05) is 4.90 Å². The summed E-state index contributed by atoms with van der Waals surface area (Å²) in [7, 11) is -3.74. The summed E-state index contributed by atoms with van der Waals surface area (Å²) in [5.74, 6) is -0.676. The lowest BCUT2D eigenvalue weighted by Gasteiger charge is -2.22. The van der Waals surface area contributed by atoms with Gasteiger partial charge in [-0.05, 0) is 56.0 Å². The van der Waals surface area contributed by atoms with E-state index in [0.717, 1.165) is 51.4 Å². The number of nitrogens with one attached hydrogen (secondary N) is 1. The molecule has 35 heavy (non-hydrogen) atoms. The first-order chi connectivity index (χ1) is 16.9. The standard InChI is InChI=1S/C26H32ClN3O4S/c27-23-14-13-20(35(33,34)30-17-9-3-4-10-18-30)19-22(23)25(31)28-24-12-6-5-11-21(24)26(32)29-15-7-1-2-8-16-29/h5-6,11-14,19H,1-4,7-10,15-18H2,(H,28,31).